The standard InChI is InChI=1S/C33H30FN5O5S/c1-20-6-8-23-24(9-10-27(34)26(23)18-45(40,41)22-7-11-29-30(16-22)43-19-42-29)31(20)44-32-25(5-3-14-36-32)28-12-15-37-33(39-28)38-21-4-2-13-35-17-21/h3,5-12,14-16,21,35H,2,4,13,17-19H2,1H3,(H,37,38,39)/t21-/m0/s1. The Morgan fingerprint density at radius 3 is 2.76 bits per heavy atom. The summed E-state index contributed by atoms with van der Waals surface area (Å²) >= 11 is 0. The lowest BCUT2D eigenvalue weighted by Gasteiger charge is -2.23. The quantitative estimate of drug-likeness (QED) is 0.218. The minimum absolute atomic E-state index is 0.0170. The molecule has 45 heavy (non-hydrogen) atoms. The van der Waals surface area contributed by atoms with Crippen molar-refractivity contribution in [3.63, 3.8) is 0 Å². The van der Waals surface area contributed by atoms with Crippen molar-refractivity contribution in [1.29, 1.82) is 0 Å². The van der Waals surface area contributed by atoms with Crippen molar-refractivity contribution < 1.29 is 27.0 Å². The summed E-state index contributed by atoms with van der Waals surface area (Å²) in [4.78, 5) is 13.7. The Bertz CT molecular complexity index is 2020. The number of aryl methyl sites for hydroxylation is 1. The van der Waals surface area contributed by atoms with Gasteiger partial charge >= 0.3 is 0 Å². The van der Waals surface area contributed by atoms with Gasteiger partial charge in [-0.25, -0.2) is 27.8 Å². The second kappa shape index (κ2) is 11.9. The highest BCUT2D eigenvalue weighted by atomic mass is 32.2. The van der Waals surface area contributed by atoms with E-state index in [-0.39, 0.29) is 23.3 Å². The van der Waals surface area contributed by atoms with E-state index in [4.69, 9.17) is 19.2 Å². The van der Waals surface area contributed by atoms with Gasteiger partial charge in [0.1, 0.15) is 11.6 Å². The summed E-state index contributed by atoms with van der Waals surface area (Å²) in [5.74, 6) is 0.874. The van der Waals surface area contributed by atoms with E-state index in [0.717, 1.165) is 31.5 Å². The summed E-state index contributed by atoms with van der Waals surface area (Å²) in [6.07, 6.45) is 5.42. The molecule has 0 radical (unpaired) electrons. The zero-order chi connectivity index (χ0) is 31.0. The zero-order valence-corrected chi connectivity index (χ0v) is 25.2. The molecule has 0 unspecified atom stereocenters. The lowest BCUT2D eigenvalue weighted by atomic mass is 10.0. The molecule has 2 aromatic heterocycles. The van der Waals surface area contributed by atoms with Crippen molar-refractivity contribution >= 4 is 26.6 Å². The number of rotatable bonds is 8. The van der Waals surface area contributed by atoms with E-state index in [1.165, 1.54) is 24.3 Å². The van der Waals surface area contributed by atoms with Crippen LogP contribution in [0.4, 0.5) is 10.3 Å². The molecule has 0 spiro atoms. The predicted molar refractivity (Wildman–Crippen MR) is 167 cm³/mol. The number of aromatic nitrogens is 3. The van der Waals surface area contributed by atoms with E-state index >= 15 is 4.39 Å². The lowest BCUT2D eigenvalue weighted by Crippen LogP contribution is -2.38. The fourth-order valence-corrected chi connectivity index (χ4v) is 7.05. The highest BCUT2D eigenvalue weighted by molar-refractivity contribution is 7.90. The number of hydrogen-bond donors (Lipinski definition) is 2. The third kappa shape index (κ3) is 5.86. The van der Waals surface area contributed by atoms with Crippen LogP contribution in [-0.2, 0) is 15.6 Å². The summed E-state index contributed by atoms with van der Waals surface area (Å²) in [6, 6.07) is 16.4. The maximum Gasteiger partial charge on any atom is 0.231 e. The van der Waals surface area contributed by atoms with E-state index < -0.39 is 21.4 Å². The number of nitrogens with one attached hydrogen (secondary N) is 2. The van der Waals surface area contributed by atoms with Crippen LogP contribution in [0.2, 0.25) is 0 Å². The average molecular weight is 628 g/mol. The fourth-order valence-electron chi connectivity index (χ4n) is 5.65. The van der Waals surface area contributed by atoms with Crippen LogP contribution in [0, 0.1) is 12.7 Å². The molecule has 2 aliphatic rings. The van der Waals surface area contributed by atoms with E-state index in [2.05, 4.69) is 20.6 Å². The van der Waals surface area contributed by atoms with E-state index in [1.807, 2.05) is 13.0 Å². The SMILES string of the molecule is Cc1ccc2c(CS(=O)(=O)c3ccc4c(c3)OCO4)c(F)ccc2c1Oc1ncccc1-c1ccnc(N[C@H]2CCCNC2)n1. The third-order valence-electron chi connectivity index (χ3n) is 7.97. The molecule has 4 heterocycles. The largest absolute Gasteiger partial charge is 0.454 e. The topological polar surface area (TPSA) is 125 Å². The van der Waals surface area contributed by atoms with Gasteiger partial charge in [-0.05, 0) is 79.7 Å². The molecule has 2 aliphatic heterocycles. The van der Waals surface area contributed by atoms with Crippen molar-refractivity contribution in [2.75, 3.05) is 25.2 Å². The molecule has 10 nitrogen and oxygen atoms in total. The molecule has 5 aromatic rings. The van der Waals surface area contributed by atoms with Crippen LogP contribution in [0.5, 0.6) is 23.1 Å². The molecule has 0 saturated carbocycles. The first-order valence-electron chi connectivity index (χ1n) is 14.6. The molecule has 0 aliphatic carbocycles. The summed E-state index contributed by atoms with van der Waals surface area (Å²) in [5.41, 5.74) is 2.08. The normalized spacial score (nSPS) is 16.1. The highest BCUT2D eigenvalue weighted by Gasteiger charge is 2.25. The number of anilines is 1. The molecule has 3 aromatic carbocycles. The van der Waals surface area contributed by atoms with Crippen molar-refractivity contribution in [2.45, 2.75) is 36.5 Å². The minimum Gasteiger partial charge on any atom is -0.454 e. The Hall–Kier alpha value is -4.81. The van der Waals surface area contributed by atoms with Crippen LogP contribution in [0.15, 0.2) is 78.0 Å². The van der Waals surface area contributed by atoms with Gasteiger partial charge in [0, 0.05) is 42.0 Å². The van der Waals surface area contributed by atoms with Crippen molar-refractivity contribution in [3.05, 3.63) is 90.0 Å². The van der Waals surface area contributed by atoms with Gasteiger partial charge in [0.15, 0.2) is 21.3 Å². The average Bonchev–Trinajstić information content (AvgIpc) is 3.53. The maximum absolute atomic E-state index is 15.3. The molecular weight excluding hydrogens is 597 g/mol. The molecule has 2 N–H and O–H groups in total. The van der Waals surface area contributed by atoms with Crippen LogP contribution in [-0.4, -0.2) is 49.3 Å². The van der Waals surface area contributed by atoms with Gasteiger partial charge in [-0.1, -0.05) is 12.1 Å². The van der Waals surface area contributed by atoms with Crippen LogP contribution in [0.3, 0.4) is 0 Å². The maximum atomic E-state index is 15.3. The number of benzene rings is 3. The number of sulfone groups is 1. The van der Waals surface area contributed by atoms with Crippen LogP contribution >= 0.6 is 0 Å². The lowest BCUT2D eigenvalue weighted by molar-refractivity contribution is 0.174. The Labute approximate surface area is 259 Å². The van der Waals surface area contributed by atoms with Crippen molar-refractivity contribution in [3.8, 4) is 34.4 Å². The van der Waals surface area contributed by atoms with Gasteiger partial charge in [0.05, 0.1) is 21.9 Å². The molecule has 0 bridgehead atoms. The number of hydrogen-bond acceptors (Lipinski definition) is 10. The molecule has 1 atom stereocenters. The molecule has 0 amide bonds. The van der Waals surface area contributed by atoms with Gasteiger partial charge < -0.3 is 24.8 Å². The minimum atomic E-state index is -3.94. The van der Waals surface area contributed by atoms with Crippen LogP contribution in [0.1, 0.15) is 24.0 Å². The molecular formula is C33H30FN5O5S. The van der Waals surface area contributed by atoms with E-state index in [1.54, 1.807) is 42.7 Å². The first-order chi connectivity index (χ1) is 21.9. The smallest absolute Gasteiger partial charge is 0.231 e. The van der Waals surface area contributed by atoms with Gasteiger partial charge in [-0.15, -0.1) is 0 Å². The van der Waals surface area contributed by atoms with E-state index in [9.17, 15) is 8.42 Å². The van der Waals surface area contributed by atoms with Crippen LogP contribution < -0.4 is 24.8 Å². The Kier molecular flexibility index (Phi) is 7.68. The summed E-state index contributed by atoms with van der Waals surface area (Å²) in [6.45, 7) is 3.74. The molecule has 230 valence electrons. The zero-order valence-electron chi connectivity index (χ0n) is 24.4. The summed E-state index contributed by atoms with van der Waals surface area (Å²) in [7, 11) is -3.94. The monoisotopic (exact) mass is 627 g/mol. The van der Waals surface area contributed by atoms with Gasteiger partial charge in [-0.3, -0.25) is 0 Å². The van der Waals surface area contributed by atoms with Gasteiger partial charge in [0.25, 0.3) is 0 Å². The number of nitrogens with zero attached hydrogens (tertiary/aromatic N) is 3. The number of pyridine rings is 1. The molecule has 1 saturated heterocycles. The fraction of sp³-hybridized carbons (Fsp3) is 0.242. The highest BCUT2D eigenvalue weighted by Crippen LogP contribution is 2.40. The number of fused-ring (bicyclic) bond motifs is 2. The number of halogens is 1. The third-order valence-corrected chi connectivity index (χ3v) is 9.61. The molecule has 12 heteroatoms. The number of piperidine rings is 1. The Morgan fingerprint density at radius 2 is 1.89 bits per heavy atom. The first kappa shape index (κ1) is 28.9. The van der Waals surface area contributed by atoms with E-state index in [0.29, 0.717) is 51.1 Å². The van der Waals surface area contributed by atoms with Gasteiger partial charge in [0.2, 0.25) is 18.6 Å². The van der Waals surface area contributed by atoms with Gasteiger partial charge in [-0.2, -0.15) is 0 Å². The Balaban J connectivity index is 1.22. The van der Waals surface area contributed by atoms with Crippen molar-refractivity contribution in [1.82, 2.24) is 20.3 Å². The molecule has 7 rings (SSSR count). The van der Waals surface area contributed by atoms with Crippen molar-refractivity contribution in [2.24, 2.45) is 0 Å². The Morgan fingerprint density at radius 1 is 1.02 bits per heavy atom. The second-order valence-corrected chi connectivity index (χ2v) is 13.0. The predicted octanol–water partition coefficient (Wildman–Crippen LogP) is 5.80. The summed E-state index contributed by atoms with van der Waals surface area (Å²) < 4.78 is 59.4. The number of ether oxygens (including phenoxy) is 3. The molecule has 1 fully saturated rings. The first-order valence-corrected chi connectivity index (χ1v) is 16.3. The summed E-state index contributed by atoms with van der Waals surface area (Å²) in [5, 5.41) is 7.76. The second-order valence-electron chi connectivity index (χ2n) is 11.0. The van der Waals surface area contributed by atoms with Crippen LogP contribution in [0.25, 0.3) is 22.0 Å².